The molecule has 2 aliphatic heterocycles. The van der Waals surface area contributed by atoms with Gasteiger partial charge in [-0.2, -0.15) is 0 Å². The first-order valence-corrected chi connectivity index (χ1v) is 10.1. The Morgan fingerprint density at radius 1 is 1.31 bits per heavy atom. The Bertz CT molecular complexity index is 725. The zero-order chi connectivity index (χ0) is 21.0. The zero-order valence-corrected chi connectivity index (χ0v) is 17.3. The third kappa shape index (κ3) is 5.59. The third-order valence-electron chi connectivity index (χ3n) is 5.46. The SMILES string of the molecule is CC(CN1C2=CC(C=C(F)C=C2)CC1(C)C)NC(=O)OCC(=O)N1CCOCC1. The Morgan fingerprint density at radius 3 is 2.76 bits per heavy atom. The highest BCUT2D eigenvalue weighted by molar-refractivity contribution is 5.80. The fraction of sp³-hybridized carbons (Fsp3) is 0.619. The third-order valence-corrected chi connectivity index (χ3v) is 5.46. The van der Waals surface area contributed by atoms with E-state index in [0.29, 0.717) is 32.8 Å². The van der Waals surface area contributed by atoms with Gasteiger partial charge in [-0.15, -0.1) is 0 Å². The van der Waals surface area contributed by atoms with Gasteiger partial charge in [0.1, 0.15) is 5.83 Å². The molecular formula is C21H30FN3O4. The summed E-state index contributed by atoms with van der Waals surface area (Å²) in [6, 6.07) is -0.216. The van der Waals surface area contributed by atoms with Crippen molar-refractivity contribution < 1.29 is 23.5 Å². The highest BCUT2D eigenvalue weighted by atomic mass is 19.1. The van der Waals surface area contributed by atoms with Crippen molar-refractivity contribution in [2.24, 2.45) is 5.92 Å². The smallest absolute Gasteiger partial charge is 0.407 e. The topological polar surface area (TPSA) is 71.1 Å². The van der Waals surface area contributed by atoms with Gasteiger partial charge in [-0.05, 0) is 45.4 Å². The van der Waals surface area contributed by atoms with Crippen molar-refractivity contribution in [1.82, 2.24) is 15.1 Å². The number of rotatable bonds is 5. The molecule has 2 bridgehead atoms. The molecule has 1 aliphatic carbocycles. The van der Waals surface area contributed by atoms with E-state index >= 15 is 0 Å². The van der Waals surface area contributed by atoms with Gasteiger partial charge in [0.25, 0.3) is 5.91 Å². The number of halogens is 1. The average molecular weight is 407 g/mol. The number of allylic oxidation sites excluding steroid dienone is 5. The van der Waals surface area contributed by atoms with Crippen LogP contribution < -0.4 is 5.32 Å². The summed E-state index contributed by atoms with van der Waals surface area (Å²) < 4.78 is 24.1. The largest absolute Gasteiger partial charge is 0.439 e. The molecule has 29 heavy (non-hydrogen) atoms. The van der Waals surface area contributed by atoms with Crippen molar-refractivity contribution in [2.75, 3.05) is 39.5 Å². The summed E-state index contributed by atoms with van der Waals surface area (Å²) >= 11 is 0. The first-order valence-electron chi connectivity index (χ1n) is 10.1. The molecule has 1 saturated heterocycles. The number of ether oxygens (including phenoxy) is 2. The van der Waals surface area contributed by atoms with Crippen LogP contribution in [0.1, 0.15) is 27.2 Å². The number of hydrogen-bond donors (Lipinski definition) is 1. The minimum Gasteiger partial charge on any atom is -0.439 e. The summed E-state index contributed by atoms with van der Waals surface area (Å²) in [5, 5.41) is 2.78. The molecule has 2 heterocycles. The van der Waals surface area contributed by atoms with E-state index in [1.54, 1.807) is 17.1 Å². The van der Waals surface area contributed by atoms with E-state index in [0.717, 1.165) is 12.1 Å². The van der Waals surface area contributed by atoms with Gasteiger partial charge in [-0.25, -0.2) is 9.18 Å². The van der Waals surface area contributed by atoms with Crippen LogP contribution in [-0.2, 0) is 14.3 Å². The van der Waals surface area contributed by atoms with Gasteiger partial charge < -0.3 is 24.6 Å². The van der Waals surface area contributed by atoms with E-state index in [4.69, 9.17) is 9.47 Å². The normalized spacial score (nSPS) is 24.2. The lowest BCUT2D eigenvalue weighted by Crippen LogP contribution is -2.52. The predicted octanol–water partition coefficient (Wildman–Crippen LogP) is 2.37. The van der Waals surface area contributed by atoms with Crippen molar-refractivity contribution >= 4 is 12.0 Å². The fourth-order valence-electron chi connectivity index (χ4n) is 4.03. The number of carbonyl (C=O) groups is 2. The summed E-state index contributed by atoms with van der Waals surface area (Å²) in [5.74, 6) is -0.383. The van der Waals surface area contributed by atoms with Crippen LogP contribution in [0.3, 0.4) is 0 Å². The molecule has 2 amide bonds. The number of nitrogens with one attached hydrogen (secondary N) is 1. The first-order chi connectivity index (χ1) is 13.7. The van der Waals surface area contributed by atoms with E-state index in [-0.39, 0.29) is 35.8 Å². The van der Waals surface area contributed by atoms with Gasteiger partial charge in [0.05, 0.1) is 13.2 Å². The summed E-state index contributed by atoms with van der Waals surface area (Å²) in [6.07, 6.45) is 7.12. The molecule has 2 unspecified atom stereocenters. The van der Waals surface area contributed by atoms with Crippen molar-refractivity contribution in [3.63, 3.8) is 0 Å². The molecule has 0 spiro atoms. The standard InChI is InChI=1S/C21H30FN3O4/c1-15(23-20(27)29-14-19(26)24-6-8-28-9-7-24)13-25-18-5-4-17(22)10-16(11-18)12-21(25,2)3/h4-5,10-11,15-16H,6-9,12-14H2,1-3H3,(H,23,27). The zero-order valence-electron chi connectivity index (χ0n) is 17.3. The molecule has 0 aromatic carbocycles. The quantitative estimate of drug-likeness (QED) is 0.758. The van der Waals surface area contributed by atoms with Crippen LogP contribution in [0.4, 0.5) is 9.18 Å². The molecule has 7 nitrogen and oxygen atoms in total. The summed E-state index contributed by atoms with van der Waals surface area (Å²) in [7, 11) is 0. The Morgan fingerprint density at radius 2 is 2.03 bits per heavy atom. The second kappa shape index (κ2) is 8.98. The number of amides is 2. The highest BCUT2D eigenvalue weighted by Crippen LogP contribution is 2.37. The van der Waals surface area contributed by atoms with Gasteiger partial charge in [-0.1, -0.05) is 6.08 Å². The van der Waals surface area contributed by atoms with E-state index in [9.17, 15) is 14.0 Å². The number of alkyl carbamates (subject to hydrolysis) is 1. The second-order valence-corrected chi connectivity index (χ2v) is 8.38. The minimum absolute atomic E-state index is 0.0608. The van der Waals surface area contributed by atoms with E-state index in [1.807, 2.05) is 6.92 Å². The lowest BCUT2D eigenvalue weighted by molar-refractivity contribution is -0.138. The van der Waals surface area contributed by atoms with E-state index < -0.39 is 6.09 Å². The highest BCUT2D eigenvalue weighted by Gasteiger charge is 2.35. The first kappa shape index (κ1) is 21.4. The van der Waals surface area contributed by atoms with Gasteiger partial charge in [0, 0.05) is 42.8 Å². The maximum atomic E-state index is 13.8. The summed E-state index contributed by atoms with van der Waals surface area (Å²) in [4.78, 5) is 28.0. The van der Waals surface area contributed by atoms with Crippen LogP contribution in [0, 0.1) is 5.92 Å². The Labute approximate surface area is 171 Å². The molecule has 1 N–H and O–H groups in total. The Balaban J connectivity index is 1.51. The van der Waals surface area contributed by atoms with Crippen LogP contribution in [-0.4, -0.2) is 72.8 Å². The molecule has 160 valence electrons. The molecule has 0 aromatic heterocycles. The van der Waals surface area contributed by atoms with Gasteiger partial charge >= 0.3 is 6.09 Å². The van der Waals surface area contributed by atoms with Crippen molar-refractivity contribution in [3.8, 4) is 0 Å². The molecule has 1 fully saturated rings. The lowest BCUT2D eigenvalue weighted by Gasteiger charge is -2.46. The summed E-state index contributed by atoms with van der Waals surface area (Å²) in [5.41, 5.74) is 0.756. The fourth-order valence-corrected chi connectivity index (χ4v) is 4.03. The van der Waals surface area contributed by atoms with Gasteiger partial charge in [0.15, 0.2) is 6.61 Å². The van der Waals surface area contributed by atoms with Crippen LogP contribution in [0.5, 0.6) is 0 Å². The average Bonchev–Trinajstić information content (AvgIpc) is 2.82. The predicted molar refractivity (Wildman–Crippen MR) is 107 cm³/mol. The molecule has 3 rings (SSSR count). The molecule has 2 atom stereocenters. The number of carbonyl (C=O) groups excluding carboxylic acids is 2. The van der Waals surface area contributed by atoms with Gasteiger partial charge in [-0.3, -0.25) is 4.79 Å². The molecule has 0 radical (unpaired) electrons. The number of hydrogen-bond acceptors (Lipinski definition) is 5. The minimum atomic E-state index is -0.620. The molecule has 0 saturated carbocycles. The Hall–Kier alpha value is -2.35. The van der Waals surface area contributed by atoms with Gasteiger partial charge in [0.2, 0.25) is 0 Å². The number of nitrogens with zero attached hydrogens (tertiary/aromatic N) is 2. The van der Waals surface area contributed by atoms with Crippen LogP contribution in [0.2, 0.25) is 0 Å². The van der Waals surface area contributed by atoms with E-state index in [2.05, 4.69) is 30.1 Å². The van der Waals surface area contributed by atoms with E-state index in [1.165, 1.54) is 6.08 Å². The lowest BCUT2D eigenvalue weighted by atomic mass is 9.84. The maximum absolute atomic E-state index is 13.8. The molecular weight excluding hydrogens is 377 g/mol. The second-order valence-electron chi connectivity index (χ2n) is 8.38. The molecule has 8 heteroatoms. The van der Waals surface area contributed by atoms with Crippen molar-refractivity contribution in [1.29, 1.82) is 0 Å². The number of morpholine rings is 1. The molecule has 0 aromatic rings. The Kier molecular flexibility index (Phi) is 6.62. The van der Waals surface area contributed by atoms with Crippen LogP contribution >= 0.6 is 0 Å². The van der Waals surface area contributed by atoms with Crippen molar-refractivity contribution in [2.45, 2.75) is 38.8 Å². The number of fused-ring (bicyclic) bond motifs is 1. The molecule has 3 aliphatic rings. The van der Waals surface area contributed by atoms with Crippen LogP contribution in [0.15, 0.2) is 35.8 Å². The summed E-state index contributed by atoms with van der Waals surface area (Å²) in [6.45, 7) is 8.42. The monoisotopic (exact) mass is 407 g/mol. The van der Waals surface area contributed by atoms with Crippen LogP contribution in [0.25, 0.3) is 0 Å². The maximum Gasteiger partial charge on any atom is 0.407 e. The van der Waals surface area contributed by atoms with Crippen molar-refractivity contribution in [3.05, 3.63) is 35.8 Å².